The molecule has 0 saturated carbocycles. The van der Waals surface area contributed by atoms with Crippen molar-refractivity contribution in [3.8, 4) is 0 Å². The molecule has 0 aliphatic rings. The van der Waals surface area contributed by atoms with Crippen LogP contribution < -0.4 is 5.32 Å². The Labute approximate surface area is 125 Å². The highest BCUT2D eigenvalue weighted by atomic mass is 16.1. The predicted molar refractivity (Wildman–Crippen MR) is 83.6 cm³/mol. The van der Waals surface area contributed by atoms with E-state index in [4.69, 9.17) is 0 Å². The monoisotopic (exact) mass is 283 g/mol. The van der Waals surface area contributed by atoms with Crippen molar-refractivity contribution >= 4 is 5.91 Å². The number of carbonyl (C=O) groups excluding carboxylic acids is 1. The number of aromatic nitrogens is 2. The molecule has 0 aliphatic carbocycles. The Morgan fingerprint density at radius 1 is 1.33 bits per heavy atom. The van der Waals surface area contributed by atoms with Gasteiger partial charge < -0.3 is 9.88 Å². The molecule has 0 atom stereocenters. The van der Waals surface area contributed by atoms with E-state index < -0.39 is 0 Å². The summed E-state index contributed by atoms with van der Waals surface area (Å²) in [6.07, 6.45) is 7.10. The Morgan fingerprint density at radius 2 is 2.10 bits per heavy atom. The van der Waals surface area contributed by atoms with Crippen LogP contribution in [0.1, 0.15) is 24.7 Å². The van der Waals surface area contributed by atoms with Crippen LogP contribution in [0.15, 0.2) is 54.4 Å². The van der Waals surface area contributed by atoms with Gasteiger partial charge in [0.05, 0.1) is 6.54 Å². The number of amides is 1. The Kier molecular flexibility index (Phi) is 5.32. The summed E-state index contributed by atoms with van der Waals surface area (Å²) in [5.74, 6) is 0.780. The van der Waals surface area contributed by atoms with Crippen LogP contribution in [-0.4, -0.2) is 15.5 Å². The van der Waals surface area contributed by atoms with Crippen LogP contribution in [0.25, 0.3) is 0 Å². The second kappa shape index (κ2) is 7.43. The van der Waals surface area contributed by atoms with Crippen molar-refractivity contribution in [1.29, 1.82) is 0 Å². The second-order valence-electron chi connectivity index (χ2n) is 5.15. The molecule has 1 aromatic carbocycles. The molecular weight excluding hydrogens is 262 g/mol. The van der Waals surface area contributed by atoms with Gasteiger partial charge in [-0.3, -0.25) is 4.79 Å². The first-order valence-electron chi connectivity index (χ1n) is 7.10. The van der Waals surface area contributed by atoms with Gasteiger partial charge in [0.15, 0.2) is 0 Å². The van der Waals surface area contributed by atoms with Crippen molar-refractivity contribution in [2.45, 2.75) is 26.3 Å². The van der Waals surface area contributed by atoms with Gasteiger partial charge in [-0.1, -0.05) is 35.9 Å². The Morgan fingerprint density at radius 3 is 2.76 bits per heavy atom. The second-order valence-corrected chi connectivity index (χ2v) is 5.15. The normalized spacial score (nSPS) is 11.4. The Bertz CT molecular complexity index is 614. The smallest absolute Gasteiger partial charge is 0.244 e. The largest absolute Gasteiger partial charge is 0.345 e. The van der Waals surface area contributed by atoms with Crippen LogP contribution >= 0.6 is 0 Å². The minimum atomic E-state index is -0.0661. The van der Waals surface area contributed by atoms with Gasteiger partial charge >= 0.3 is 0 Å². The van der Waals surface area contributed by atoms with Crippen LogP contribution in [-0.2, 0) is 24.8 Å². The number of nitrogens with zero attached hydrogens (tertiary/aromatic N) is 2. The molecule has 2 aromatic rings. The summed E-state index contributed by atoms with van der Waals surface area (Å²) in [4.78, 5) is 16.0. The minimum Gasteiger partial charge on any atom is -0.345 e. The minimum absolute atomic E-state index is 0.0661. The zero-order valence-electron chi connectivity index (χ0n) is 12.5. The van der Waals surface area contributed by atoms with Crippen LogP contribution in [0.5, 0.6) is 0 Å². The van der Waals surface area contributed by atoms with E-state index in [-0.39, 0.29) is 5.91 Å². The fourth-order valence-electron chi connectivity index (χ4n) is 2.07. The fourth-order valence-corrected chi connectivity index (χ4v) is 2.07. The summed E-state index contributed by atoms with van der Waals surface area (Å²) in [7, 11) is 1.91. The lowest BCUT2D eigenvalue weighted by Crippen LogP contribution is -2.22. The number of benzene rings is 1. The standard InChI is InChI=1S/C17H21N3O/c1-14(8-9-15-6-4-3-5-7-15)12-17(21)19-13-16-18-10-11-20(16)2/h3-7,10-12H,8-9,13H2,1-2H3,(H,19,21)/b14-12+. The maximum atomic E-state index is 11.8. The highest BCUT2D eigenvalue weighted by Crippen LogP contribution is 2.08. The molecule has 4 heteroatoms. The first kappa shape index (κ1) is 15.0. The number of nitrogens with one attached hydrogen (secondary N) is 1. The third kappa shape index (κ3) is 4.91. The molecule has 1 aromatic heterocycles. The molecule has 110 valence electrons. The van der Waals surface area contributed by atoms with E-state index in [1.165, 1.54) is 5.56 Å². The average Bonchev–Trinajstić information content (AvgIpc) is 2.89. The lowest BCUT2D eigenvalue weighted by molar-refractivity contribution is -0.116. The van der Waals surface area contributed by atoms with E-state index in [0.29, 0.717) is 6.54 Å². The van der Waals surface area contributed by atoms with Crippen molar-refractivity contribution in [2.24, 2.45) is 7.05 Å². The molecule has 21 heavy (non-hydrogen) atoms. The van der Waals surface area contributed by atoms with Crippen LogP contribution in [0.3, 0.4) is 0 Å². The lowest BCUT2D eigenvalue weighted by Gasteiger charge is -2.05. The molecule has 1 N–H and O–H groups in total. The molecule has 0 unspecified atom stereocenters. The maximum absolute atomic E-state index is 11.8. The van der Waals surface area contributed by atoms with Gasteiger partial charge in [-0.25, -0.2) is 4.98 Å². The van der Waals surface area contributed by atoms with Gasteiger partial charge in [-0.2, -0.15) is 0 Å². The summed E-state index contributed by atoms with van der Waals surface area (Å²) >= 11 is 0. The van der Waals surface area contributed by atoms with Crippen molar-refractivity contribution in [3.63, 3.8) is 0 Å². The molecule has 0 spiro atoms. The number of hydrogen-bond acceptors (Lipinski definition) is 2. The number of carbonyl (C=O) groups is 1. The van der Waals surface area contributed by atoms with Crippen LogP contribution in [0.2, 0.25) is 0 Å². The van der Waals surface area contributed by atoms with E-state index in [0.717, 1.165) is 24.2 Å². The molecule has 1 amide bonds. The Hall–Kier alpha value is -2.36. The van der Waals surface area contributed by atoms with Gasteiger partial charge in [0.1, 0.15) is 5.82 Å². The van der Waals surface area contributed by atoms with E-state index in [9.17, 15) is 4.79 Å². The summed E-state index contributed by atoms with van der Waals surface area (Å²) in [5.41, 5.74) is 2.37. The number of imidazole rings is 1. The van der Waals surface area contributed by atoms with Crippen molar-refractivity contribution in [2.75, 3.05) is 0 Å². The zero-order chi connectivity index (χ0) is 15.1. The SMILES string of the molecule is C/C(=C\C(=O)NCc1nccn1C)CCc1ccccc1. The van der Waals surface area contributed by atoms with Gasteiger partial charge in [-0.15, -0.1) is 0 Å². The number of aryl methyl sites for hydroxylation is 2. The molecule has 0 bridgehead atoms. The third-order valence-corrected chi connectivity index (χ3v) is 3.37. The molecule has 0 aliphatic heterocycles. The summed E-state index contributed by atoms with van der Waals surface area (Å²) < 4.78 is 1.90. The number of hydrogen-bond donors (Lipinski definition) is 1. The number of allylic oxidation sites excluding steroid dienone is 1. The molecule has 0 saturated heterocycles. The summed E-state index contributed by atoms with van der Waals surface area (Å²) in [6, 6.07) is 10.3. The molecule has 2 rings (SSSR count). The first-order valence-corrected chi connectivity index (χ1v) is 7.10. The highest BCUT2D eigenvalue weighted by Gasteiger charge is 2.02. The fraction of sp³-hybridized carbons (Fsp3) is 0.294. The van der Waals surface area contributed by atoms with Crippen LogP contribution in [0, 0.1) is 0 Å². The quantitative estimate of drug-likeness (QED) is 0.828. The van der Waals surface area contributed by atoms with Gasteiger partial charge in [-0.05, 0) is 25.3 Å². The van der Waals surface area contributed by atoms with Gasteiger partial charge in [0.2, 0.25) is 5.91 Å². The van der Waals surface area contributed by atoms with Crippen LogP contribution in [0.4, 0.5) is 0 Å². The average molecular weight is 283 g/mol. The highest BCUT2D eigenvalue weighted by molar-refractivity contribution is 5.88. The molecule has 4 nitrogen and oxygen atoms in total. The van der Waals surface area contributed by atoms with E-state index in [2.05, 4.69) is 22.4 Å². The lowest BCUT2D eigenvalue weighted by atomic mass is 10.1. The topological polar surface area (TPSA) is 46.9 Å². The van der Waals surface area contributed by atoms with E-state index >= 15 is 0 Å². The molecule has 0 fully saturated rings. The summed E-state index contributed by atoms with van der Waals surface area (Å²) in [5, 5.41) is 2.86. The van der Waals surface area contributed by atoms with Gasteiger partial charge in [0.25, 0.3) is 0 Å². The molecule has 1 heterocycles. The number of rotatable bonds is 6. The van der Waals surface area contributed by atoms with E-state index in [1.54, 1.807) is 12.3 Å². The summed E-state index contributed by atoms with van der Waals surface area (Å²) in [6.45, 7) is 2.44. The zero-order valence-corrected chi connectivity index (χ0v) is 12.5. The predicted octanol–water partition coefficient (Wildman–Crippen LogP) is 2.62. The van der Waals surface area contributed by atoms with Crippen molar-refractivity contribution in [3.05, 3.63) is 65.8 Å². The Balaban J connectivity index is 1.78. The van der Waals surface area contributed by atoms with E-state index in [1.807, 2.05) is 42.9 Å². The third-order valence-electron chi connectivity index (χ3n) is 3.37. The van der Waals surface area contributed by atoms with Crippen molar-refractivity contribution in [1.82, 2.24) is 14.9 Å². The first-order chi connectivity index (χ1) is 10.1. The van der Waals surface area contributed by atoms with Crippen molar-refractivity contribution < 1.29 is 4.79 Å². The maximum Gasteiger partial charge on any atom is 0.244 e. The van der Waals surface area contributed by atoms with Gasteiger partial charge in [0, 0.05) is 25.5 Å². The molecule has 0 radical (unpaired) electrons. The molecular formula is C17H21N3O.